The molecule has 0 bridgehead atoms. The molecule has 0 unspecified atom stereocenters. The normalized spacial score (nSPS) is 14.9. The fraction of sp³-hybridized carbons (Fsp3) is 0.364. The van der Waals surface area contributed by atoms with Gasteiger partial charge in [-0.25, -0.2) is 4.79 Å². The zero-order chi connectivity index (χ0) is 21.5. The van der Waals surface area contributed by atoms with Crippen LogP contribution in [0.15, 0.2) is 44.9 Å². The number of nitrogens with zero attached hydrogens (tertiary/aromatic N) is 2. The zero-order valence-electron chi connectivity index (χ0n) is 17.3. The van der Waals surface area contributed by atoms with E-state index in [0.717, 1.165) is 11.1 Å². The van der Waals surface area contributed by atoms with Gasteiger partial charge in [0.25, 0.3) is 0 Å². The average molecular weight is 428 g/mol. The van der Waals surface area contributed by atoms with Gasteiger partial charge >= 0.3 is 6.09 Å². The Labute approximate surface area is 178 Å². The summed E-state index contributed by atoms with van der Waals surface area (Å²) in [5.41, 5.74) is 8.30. The van der Waals surface area contributed by atoms with Gasteiger partial charge in [-0.05, 0) is 38.5 Å². The molecule has 8 heteroatoms. The van der Waals surface area contributed by atoms with Crippen LogP contribution in [0.4, 0.5) is 16.4 Å². The van der Waals surface area contributed by atoms with Gasteiger partial charge in [0.1, 0.15) is 10.3 Å². The van der Waals surface area contributed by atoms with Crippen LogP contribution < -0.4 is 16.1 Å². The molecule has 1 fully saturated rings. The molecule has 1 aliphatic heterocycles. The first-order valence-corrected chi connectivity index (χ1v) is 10.7. The summed E-state index contributed by atoms with van der Waals surface area (Å²) < 4.78 is 12.2. The lowest BCUT2D eigenvalue weighted by Crippen LogP contribution is -2.50. The maximum Gasteiger partial charge on any atom is 0.410 e. The summed E-state index contributed by atoms with van der Waals surface area (Å²) in [5, 5.41) is 1.94. The number of benzene rings is 1. The quantitative estimate of drug-likeness (QED) is 0.618. The number of rotatable bonds is 2. The molecule has 1 aromatic carbocycles. The third-order valence-electron chi connectivity index (χ3n) is 4.90. The molecule has 0 atom stereocenters. The molecule has 0 radical (unpaired) electrons. The van der Waals surface area contributed by atoms with Gasteiger partial charge in [-0.2, -0.15) is 0 Å². The molecule has 2 aromatic heterocycles. The summed E-state index contributed by atoms with van der Waals surface area (Å²) in [6.07, 6.45) is -0.317. The van der Waals surface area contributed by atoms with Gasteiger partial charge in [0.2, 0.25) is 5.43 Å². The third kappa shape index (κ3) is 4.14. The Balaban J connectivity index is 1.57. The van der Waals surface area contributed by atoms with Crippen LogP contribution in [0.3, 0.4) is 0 Å². The molecule has 7 nitrogen and oxygen atoms in total. The fourth-order valence-electron chi connectivity index (χ4n) is 3.38. The number of nitrogens with two attached hydrogens (primary N) is 1. The average Bonchev–Trinajstić information content (AvgIpc) is 3.12. The Morgan fingerprint density at radius 2 is 1.80 bits per heavy atom. The molecular formula is C22H25N3O4S. The van der Waals surface area contributed by atoms with Crippen molar-refractivity contribution in [3.63, 3.8) is 0 Å². The molecule has 4 rings (SSSR count). The lowest BCUT2D eigenvalue weighted by atomic mass is 10.1. The molecule has 0 spiro atoms. The van der Waals surface area contributed by atoms with Gasteiger partial charge < -0.3 is 24.7 Å². The van der Waals surface area contributed by atoms with Crippen molar-refractivity contribution < 1.29 is 13.9 Å². The number of carbonyl (C=O) groups is 1. The highest BCUT2D eigenvalue weighted by atomic mass is 32.1. The summed E-state index contributed by atoms with van der Waals surface area (Å²) in [4.78, 5) is 28.6. The van der Waals surface area contributed by atoms with Gasteiger partial charge in [0, 0.05) is 48.9 Å². The summed E-state index contributed by atoms with van der Waals surface area (Å²) in [7, 11) is 0. The summed E-state index contributed by atoms with van der Waals surface area (Å²) in [6, 6.07) is 9.04. The van der Waals surface area contributed by atoms with Crippen LogP contribution in [-0.4, -0.2) is 42.8 Å². The van der Waals surface area contributed by atoms with E-state index in [1.54, 1.807) is 4.90 Å². The number of ether oxygens (including phenoxy) is 1. The van der Waals surface area contributed by atoms with E-state index in [1.807, 2.05) is 55.3 Å². The van der Waals surface area contributed by atoms with E-state index in [4.69, 9.17) is 14.9 Å². The molecule has 0 saturated carbocycles. The molecule has 2 N–H and O–H groups in total. The van der Waals surface area contributed by atoms with Crippen LogP contribution in [0.2, 0.25) is 0 Å². The number of hydrogen-bond acceptors (Lipinski definition) is 7. The fourth-order valence-corrected chi connectivity index (χ4v) is 4.30. The monoisotopic (exact) mass is 427 g/mol. The van der Waals surface area contributed by atoms with Crippen LogP contribution in [0, 0.1) is 0 Å². The first-order chi connectivity index (χ1) is 14.2. The van der Waals surface area contributed by atoms with E-state index in [-0.39, 0.29) is 11.5 Å². The van der Waals surface area contributed by atoms with E-state index in [9.17, 15) is 9.59 Å². The molecule has 0 aliphatic carbocycles. The highest BCUT2D eigenvalue weighted by Crippen LogP contribution is 2.35. The lowest BCUT2D eigenvalue weighted by molar-refractivity contribution is 0.0239. The van der Waals surface area contributed by atoms with Gasteiger partial charge in [-0.15, -0.1) is 11.3 Å². The van der Waals surface area contributed by atoms with Crippen molar-refractivity contribution in [2.75, 3.05) is 36.8 Å². The van der Waals surface area contributed by atoms with E-state index in [2.05, 4.69) is 0 Å². The van der Waals surface area contributed by atoms with Gasteiger partial charge in [0.15, 0.2) is 11.5 Å². The van der Waals surface area contributed by atoms with Crippen molar-refractivity contribution in [3.8, 4) is 11.1 Å². The Bertz CT molecular complexity index is 1120. The molecule has 1 amide bonds. The zero-order valence-corrected chi connectivity index (χ0v) is 18.1. The third-order valence-corrected chi connectivity index (χ3v) is 5.87. The molecule has 3 heterocycles. The Morgan fingerprint density at radius 3 is 2.43 bits per heavy atom. The summed E-state index contributed by atoms with van der Waals surface area (Å²) in [6.45, 7) is 7.69. The maximum atomic E-state index is 12.7. The molecule has 30 heavy (non-hydrogen) atoms. The number of hydrogen-bond donors (Lipinski definition) is 1. The Morgan fingerprint density at radius 1 is 1.13 bits per heavy atom. The van der Waals surface area contributed by atoms with Crippen molar-refractivity contribution in [2.45, 2.75) is 26.4 Å². The minimum Gasteiger partial charge on any atom is -0.444 e. The predicted octanol–water partition coefficient (Wildman–Crippen LogP) is 4.16. The van der Waals surface area contributed by atoms with Crippen LogP contribution in [0.25, 0.3) is 21.4 Å². The Kier molecular flexibility index (Phi) is 5.19. The largest absolute Gasteiger partial charge is 0.444 e. The van der Waals surface area contributed by atoms with Crippen LogP contribution >= 0.6 is 11.3 Å². The van der Waals surface area contributed by atoms with Crippen LogP contribution in [0.5, 0.6) is 0 Å². The second-order valence-corrected chi connectivity index (χ2v) is 9.21. The highest BCUT2D eigenvalue weighted by Gasteiger charge is 2.27. The highest BCUT2D eigenvalue weighted by molar-refractivity contribution is 7.17. The smallest absolute Gasteiger partial charge is 0.410 e. The van der Waals surface area contributed by atoms with Crippen molar-refractivity contribution in [3.05, 3.63) is 45.9 Å². The number of thiophene rings is 1. The number of piperazine rings is 1. The summed E-state index contributed by atoms with van der Waals surface area (Å²) in [5.74, 6) is 0.520. The van der Waals surface area contributed by atoms with Crippen LogP contribution in [0.1, 0.15) is 20.8 Å². The molecule has 1 saturated heterocycles. The lowest BCUT2D eigenvalue weighted by Gasteiger charge is -2.35. The van der Waals surface area contributed by atoms with Crippen LogP contribution in [-0.2, 0) is 4.74 Å². The topological polar surface area (TPSA) is 89.0 Å². The molecule has 3 aromatic rings. The number of carbonyl (C=O) groups excluding carboxylic acids is 1. The van der Waals surface area contributed by atoms with Gasteiger partial charge in [0.05, 0.1) is 0 Å². The standard InChI is InChI=1S/C22H25N3O4S/c1-22(2,3)29-21(27)25-10-8-24(9-11-25)18-12-17(26)20-19(28-18)16(13-30-20)14-4-6-15(23)7-5-14/h4-7,12-13H,8-11,23H2,1-3H3. The van der Waals surface area contributed by atoms with E-state index >= 15 is 0 Å². The van der Waals surface area contributed by atoms with E-state index < -0.39 is 5.60 Å². The van der Waals surface area contributed by atoms with Crippen molar-refractivity contribution in [2.24, 2.45) is 0 Å². The van der Waals surface area contributed by atoms with Crippen molar-refractivity contribution in [1.29, 1.82) is 0 Å². The minimum atomic E-state index is -0.524. The number of nitrogen functional groups attached to an aromatic ring is 1. The number of amides is 1. The maximum absolute atomic E-state index is 12.7. The SMILES string of the molecule is CC(C)(C)OC(=O)N1CCN(c2cc(=O)c3scc(-c4ccc(N)cc4)c3o2)CC1. The predicted molar refractivity (Wildman–Crippen MR) is 120 cm³/mol. The minimum absolute atomic E-state index is 0.0625. The number of anilines is 2. The first-order valence-electron chi connectivity index (χ1n) is 9.85. The molecule has 1 aliphatic rings. The first kappa shape index (κ1) is 20.3. The Hall–Kier alpha value is -3.00. The van der Waals surface area contributed by atoms with E-state index in [1.165, 1.54) is 17.4 Å². The summed E-state index contributed by atoms with van der Waals surface area (Å²) >= 11 is 1.38. The van der Waals surface area contributed by atoms with Gasteiger partial charge in [-0.3, -0.25) is 4.79 Å². The van der Waals surface area contributed by atoms with Crippen molar-refractivity contribution in [1.82, 2.24) is 4.90 Å². The number of fused-ring (bicyclic) bond motifs is 1. The molecule has 158 valence electrons. The van der Waals surface area contributed by atoms with E-state index in [0.29, 0.717) is 48.0 Å². The van der Waals surface area contributed by atoms with Gasteiger partial charge in [-0.1, -0.05) is 12.1 Å². The second kappa shape index (κ2) is 7.68. The second-order valence-electron chi connectivity index (χ2n) is 8.33. The van der Waals surface area contributed by atoms with Crippen molar-refractivity contribution >= 4 is 39.3 Å². The molecular weight excluding hydrogens is 402 g/mol.